The highest BCUT2D eigenvalue weighted by atomic mass is 32.2. The zero-order valence-corrected chi connectivity index (χ0v) is 17.6. The molecular formula is C23H34OS. The fourth-order valence-electron chi connectivity index (χ4n) is 2.16. The smallest absolute Gasteiger partial charge is 0.0621 e. The molecule has 0 amide bonds. The normalized spacial score (nSPS) is 9.36. The first kappa shape index (κ1) is 23.5. The van der Waals surface area contributed by atoms with Gasteiger partial charge in [0.15, 0.2) is 0 Å². The molecule has 25 heavy (non-hydrogen) atoms. The number of aryl methyl sites for hydroxylation is 3. The summed E-state index contributed by atoms with van der Waals surface area (Å²) in [6.07, 6.45) is 3.98. The van der Waals surface area contributed by atoms with Gasteiger partial charge in [-0.2, -0.15) is 0 Å². The molecule has 0 aromatic heterocycles. The molecular weight excluding hydrogens is 324 g/mol. The molecule has 0 aliphatic rings. The Kier molecular flexibility index (Phi) is 13.9. The standard InChI is InChI=1S/C19H22OS.2C2H6/c1-4-17-14-16(3)7-10-18(17)6-5-13-20-21-19-11-8-15(2)9-12-19;2*1-2/h4,7-12,14H,1,5-6,13H2,2-3H3;2*1-2H3. The second-order valence-corrected chi connectivity index (χ2v) is 6.10. The van der Waals surface area contributed by atoms with Crippen LogP contribution in [-0.4, -0.2) is 6.61 Å². The maximum Gasteiger partial charge on any atom is 0.0621 e. The maximum absolute atomic E-state index is 5.67. The summed E-state index contributed by atoms with van der Waals surface area (Å²) in [7, 11) is 0. The third-order valence-electron chi connectivity index (χ3n) is 3.37. The summed E-state index contributed by atoms with van der Waals surface area (Å²) in [5, 5.41) is 0. The van der Waals surface area contributed by atoms with Gasteiger partial charge in [-0.15, -0.1) is 0 Å². The van der Waals surface area contributed by atoms with E-state index >= 15 is 0 Å². The minimum Gasteiger partial charge on any atom is -0.310 e. The lowest BCUT2D eigenvalue weighted by Crippen LogP contribution is -1.95. The Morgan fingerprint density at radius 2 is 1.52 bits per heavy atom. The summed E-state index contributed by atoms with van der Waals surface area (Å²) in [4.78, 5) is 1.16. The van der Waals surface area contributed by atoms with Gasteiger partial charge in [0.25, 0.3) is 0 Å². The van der Waals surface area contributed by atoms with Crippen molar-refractivity contribution in [2.45, 2.75) is 59.3 Å². The van der Waals surface area contributed by atoms with Gasteiger partial charge in [-0.05, 0) is 49.9 Å². The summed E-state index contributed by atoms with van der Waals surface area (Å²) in [5.74, 6) is 0. The molecule has 0 bridgehead atoms. The molecule has 0 radical (unpaired) electrons. The Hall–Kier alpha value is -1.51. The van der Waals surface area contributed by atoms with Gasteiger partial charge in [-0.1, -0.05) is 81.8 Å². The van der Waals surface area contributed by atoms with E-state index in [1.807, 2.05) is 33.8 Å². The van der Waals surface area contributed by atoms with Crippen molar-refractivity contribution in [3.8, 4) is 0 Å². The van der Waals surface area contributed by atoms with Gasteiger partial charge in [0.2, 0.25) is 0 Å². The molecule has 0 atom stereocenters. The Labute approximate surface area is 159 Å². The highest BCUT2D eigenvalue weighted by molar-refractivity contribution is 7.94. The van der Waals surface area contributed by atoms with Crippen LogP contribution in [0.2, 0.25) is 0 Å². The van der Waals surface area contributed by atoms with E-state index in [4.69, 9.17) is 4.18 Å². The number of hydrogen-bond acceptors (Lipinski definition) is 2. The van der Waals surface area contributed by atoms with Crippen LogP contribution in [0, 0.1) is 13.8 Å². The molecule has 1 nitrogen and oxygen atoms in total. The maximum atomic E-state index is 5.67. The van der Waals surface area contributed by atoms with E-state index < -0.39 is 0 Å². The third kappa shape index (κ3) is 9.52. The Morgan fingerprint density at radius 3 is 2.12 bits per heavy atom. The predicted molar refractivity (Wildman–Crippen MR) is 115 cm³/mol. The van der Waals surface area contributed by atoms with Gasteiger partial charge in [-0.25, -0.2) is 0 Å². The number of hydrogen-bond donors (Lipinski definition) is 0. The van der Waals surface area contributed by atoms with Crippen molar-refractivity contribution < 1.29 is 4.18 Å². The second kappa shape index (κ2) is 14.8. The minimum atomic E-state index is 0.753. The molecule has 2 rings (SSSR count). The van der Waals surface area contributed by atoms with E-state index in [1.54, 1.807) is 0 Å². The molecule has 0 aliphatic carbocycles. The summed E-state index contributed by atoms with van der Waals surface area (Å²) in [6.45, 7) is 16.8. The van der Waals surface area contributed by atoms with E-state index in [0.29, 0.717) is 0 Å². The van der Waals surface area contributed by atoms with E-state index in [0.717, 1.165) is 24.3 Å². The molecule has 2 aromatic rings. The van der Waals surface area contributed by atoms with Crippen LogP contribution in [0.15, 0.2) is 53.9 Å². The largest absolute Gasteiger partial charge is 0.310 e. The lowest BCUT2D eigenvalue weighted by atomic mass is 10.0. The highest BCUT2D eigenvalue weighted by Crippen LogP contribution is 2.20. The lowest BCUT2D eigenvalue weighted by molar-refractivity contribution is 0.365. The van der Waals surface area contributed by atoms with Crippen molar-refractivity contribution in [3.63, 3.8) is 0 Å². The fraction of sp³-hybridized carbons (Fsp3) is 0.391. The van der Waals surface area contributed by atoms with Gasteiger partial charge in [0.05, 0.1) is 6.61 Å². The van der Waals surface area contributed by atoms with Gasteiger partial charge < -0.3 is 4.18 Å². The second-order valence-electron chi connectivity index (χ2n) is 5.23. The van der Waals surface area contributed by atoms with Crippen LogP contribution >= 0.6 is 12.0 Å². The van der Waals surface area contributed by atoms with E-state index in [2.05, 4.69) is 62.9 Å². The molecule has 0 unspecified atom stereocenters. The van der Waals surface area contributed by atoms with Crippen molar-refractivity contribution in [3.05, 3.63) is 71.3 Å². The Bertz CT molecular complexity index is 588. The van der Waals surface area contributed by atoms with Crippen molar-refractivity contribution in [1.29, 1.82) is 0 Å². The topological polar surface area (TPSA) is 9.23 Å². The van der Waals surface area contributed by atoms with Crippen molar-refractivity contribution in [2.75, 3.05) is 6.61 Å². The zero-order valence-electron chi connectivity index (χ0n) is 16.8. The molecule has 0 spiro atoms. The first-order valence-corrected chi connectivity index (χ1v) is 10.0. The molecule has 138 valence electrons. The molecule has 0 saturated heterocycles. The molecule has 0 fully saturated rings. The van der Waals surface area contributed by atoms with Crippen molar-refractivity contribution in [1.82, 2.24) is 0 Å². The summed E-state index contributed by atoms with van der Waals surface area (Å²) < 4.78 is 5.67. The van der Waals surface area contributed by atoms with E-state index in [9.17, 15) is 0 Å². The van der Waals surface area contributed by atoms with E-state index in [-0.39, 0.29) is 0 Å². The molecule has 0 aliphatic heterocycles. The van der Waals surface area contributed by atoms with Gasteiger partial charge in [0, 0.05) is 16.9 Å². The molecule has 0 N–H and O–H groups in total. The zero-order chi connectivity index (χ0) is 19.1. The average Bonchev–Trinajstić information content (AvgIpc) is 2.67. The van der Waals surface area contributed by atoms with Gasteiger partial charge >= 0.3 is 0 Å². The summed E-state index contributed by atoms with van der Waals surface area (Å²) in [6, 6.07) is 14.9. The molecule has 2 heteroatoms. The minimum absolute atomic E-state index is 0.753. The van der Waals surface area contributed by atoms with Crippen LogP contribution in [0.25, 0.3) is 6.08 Å². The molecule has 2 aromatic carbocycles. The van der Waals surface area contributed by atoms with Gasteiger partial charge in [0.1, 0.15) is 0 Å². The van der Waals surface area contributed by atoms with Crippen LogP contribution in [0.4, 0.5) is 0 Å². The van der Waals surface area contributed by atoms with Crippen LogP contribution < -0.4 is 0 Å². The predicted octanol–water partition coefficient (Wildman–Crippen LogP) is 7.66. The summed E-state index contributed by atoms with van der Waals surface area (Å²) >= 11 is 1.46. The van der Waals surface area contributed by atoms with Gasteiger partial charge in [-0.3, -0.25) is 0 Å². The monoisotopic (exact) mass is 358 g/mol. The Morgan fingerprint density at radius 1 is 0.920 bits per heavy atom. The first-order valence-electron chi connectivity index (χ1n) is 9.27. The molecule has 0 saturated carbocycles. The van der Waals surface area contributed by atoms with Crippen molar-refractivity contribution >= 4 is 18.1 Å². The highest BCUT2D eigenvalue weighted by Gasteiger charge is 2.01. The lowest BCUT2D eigenvalue weighted by Gasteiger charge is -2.07. The fourth-order valence-corrected chi connectivity index (χ4v) is 2.74. The van der Waals surface area contributed by atoms with Crippen molar-refractivity contribution in [2.24, 2.45) is 0 Å². The molecule has 0 heterocycles. The number of rotatable bonds is 7. The van der Waals surface area contributed by atoms with E-state index in [1.165, 1.54) is 34.3 Å². The van der Waals surface area contributed by atoms with Crippen LogP contribution in [0.3, 0.4) is 0 Å². The SMILES string of the molecule is C=Cc1cc(C)ccc1CCCOSc1ccc(C)cc1.CC.CC. The van der Waals surface area contributed by atoms with Crippen LogP contribution in [0.5, 0.6) is 0 Å². The van der Waals surface area contributed by atoms with Crippen LogP contribution in [0.1, 0.15) is 56.4 Å². The summed E-state index contributed by atoms with van der Waals surface area (Å²) in [5.41, 5.74) is 5.14. The third-order valence-corrected chi connectivity index (χ3v) is 4.12. The average molecular weight is 359 g/mol. The first-order chi connectivity index (χ1) is 12.2. The number of benzene rings is 2. The Balaban J connectivity index is 0.00000134. The quantitative estimate of drug-likeness (QED) is 0.371. The van der Waals surface area contributed by atoms with Crippen LogP contribution in [-0.2, 0) is 10.6 Å².